The van der Waals surface area contributed by atoms with Crippen molar-refractivity contribution in [3.05, 3.63) is 29.3 Å². The van der Waals surface area contributed by atoms with Crippen LogP contribution in [0.25, 0.3) is 0 Å². The summed E-state index contributed by atoms with van der Waals surface area (Å²) in [6.07, 6.45) is 4.55. The fourth-order valence-electron chi connectivity index (χ4n) is 3.20. The van der Waals surface area contributed by atoms with Crippen molar-refractivity contribution in [3.8, 4) is 0 Å². The highest BCUT2D eigenvalue weighted by Gasteiger charge is 2.36. The van der Waals surface area contributed by atoms with Gasteiger partial charge in [-0.2, -0.15) is 0 Å². The van der Waals surface area contributed by atoms with Crippen molar-refractivity contribution < 1.29 is 9.59 Å². The third-order valence-electron chi connectivity index (χ3n) is 4.34. The molecule has 1 aliphatic heterocycles. The molecule has 0 aromatic heterocycles. The van der Waals surface area contributed by atoms with Crippen molar-refractivity contribution in [2.24, 2.45) is 0 Å². The second-order valence-electron chi connectivity index (χ2n) is 5.98. The van der Waals surface area contributed by atoms with Crippen molar-refractivity contribution in [2.45, 2.75) is 50.2 Å². The van der Waals surface area contributed by atoms with Gasteiger partial charge < -0.3 is 16.0 Å². The number of amides is 2. The van der Waals surface area contributed by atoms with Gasteiger partial charge in [0.2, 0.25) is 11.8 Å². The van der Waals surface area contributed by atoms with Crippen molar-refractivity contribution in [3.63, 3.8) is 0 Å². The predicted molar refractivity (Wildman–Crippen MR) is 85.8 cm³/mol. The molecule has 0 bridgehead atoms. The highest BCUT2D eigenvalue weighted by Crippen LogP contribution is 2.22. The standard InChI is InChI=1S/C16H20ClN3O2/c17-10-5-7-11(8-6-10)18-15(21)9-14-16(22)20-13-4-2-1-3-12(13)19-14/h5-8,12-14,19H,1-4,9H2,(H,18,21)(H,20,22)/t12-,13+,14+/m0/s1. The second-order valence-corrected chi connectivity index (χ2v) is 6.42. The van der Waals surface area contributed by atoms with E-state index in [9.17, 15) is 9.59 Å². The number of carbonyl (C=O) groups is 2. The molecule has 1 aromatic carbocycles. The first kappa shape index (κ1) is 15.3. The average molecular weight is 322 g/mol. The molecule has 118 valence electrons. The molecular weight excluding hydrogens is 302 g/mol. The van der Waals surface area contributed by atoms with Gasteiger partial charge in [0, 0.05) is 22.8 Å². The predicted octanol–water partition coefficient (Wildman–Crippen LogP) is 2.07. The van der Waals surface area contributed by atoms with Crippen LogP contribution in [-0.4, -0.2) is 29.9 Å². The summed E-state index contributed by atoms with van der Waals surface area (Å²) in [5.41, 5.74) is 0.682. The SMILES string of the molecule is O=C(C[C@H]1N[C@H]2CCCC[C@H]2NC1=O)Nc1ccc(Cl)cc1. The van der Waals surface area contributed by atoms with Gasteiger partial charge in [-0.1, -0.05) is 24.4 Å². The Morgan fingerprint density at radius 3 is 2.59 bits per heavy atom. The van der Waals surface area contributed by atoms with E-state index in [1.165, 1.54) is 6.42 Å². The molecule has 2 amide bonds. The Morgan fingerprint density at radius 2 is 1.86 bits per heavy atom. The summed E-state index contributed by atoms with van der Waals surface area (Å²) in [4.78, 5) is 24.2. The summed E-state index contributed by atoms with van der Waals surface area (Å²) in [5, 5.41) is 9.79. The monoisotopic (exact) mass is 321 g/mol. The minimum Gasteiger partial charge on any atom is -0.350 e. The fourth-order valence-corrected chi connectivity index (χ4v) is 3.33. The van der Waals surface area contributed by atoms with E-state index in [1.54, 1.807) is 24.3 Å². The van der Waals surface area contributed by atoms with Crippen LogP contribution in [-0.2, 0) is 9.59 Å². The number of nitrogens with one attached hydrogen (secondary N) is 3. The maximum atomic E-state index is 12.1. The van der Waals surface area contributed by atoms with Crippen LogP contribution in [0, 0.1) is 0 Å². The largest absolute Gasteiger partial charge is 0.350 e. The lowest BCUT2D eigenvalue weighted by Gasteiger charge is -2.40. The van der Waals surface area contributed by atoms with Gasteiger partial charge in [0.25, 0.3) is 0 Å². The quantitative estimate of drug-likeness (QED) is 0.798. The molecule has 1 saturated carbocycles. The molecule has 1 heterocycles. The Bertz CT molecular complexity index is 561. The second kappa shape index (κ2) is 6.67. The van der Waals surface area contributed by atoms with Crippen LogP contribution in [0.4, 0.5) is 5.69 Å². The lowest BCUT2D eigenvalue weighted by molar-refractivity contribution is -0.129. The molecule has 0 spiro atoms. The molecule has 3 N–H and O–H groups in total. The van der Waals surface area contributed by atoms with E-state index in [2.05, 4.69) is 16.0 Å². The van der Waals surface area contributed by atoms with Crippen LogP contribution in [0.5, 0.6) is 0 Å². The molecule has 2 fully saturated rings. The summed E-state index contributed by atoms with van der Waals surface area (Å²) in [5.74, 6) is -0.251. The molecule has 0 unspecified atom stereocenters. The zero-order chi connectivity index (χ0) is 15.5. The van der Waals surface area contributed by atoms with Crippen molar-refractivity contribution >= 4 is 29.1 Å². The number of hydrogen-bond donors (Lipinski definition) is 3. The zero-order valence-electron chi connectivity index (χ0n) is 12.3. The van der Waals surface area contributed by atoms with Crippen molar-refractivity contribution in [2.75, 3.05) is 5.32 Å². The molecule has 1 aromatic rings. The molecule has 3 atom stereocenters. The number of rotatable bonds is 3. The van der Waals surface area contributed by atoms with Crippen LogP contribution < -0.4 is 16.0 Å². The van der Waals surface area contributed by atoms with Crippen LogP contribution in [0.1, 0.15) is 32.1 Å². The van der Waals surface area contributed by atoms with Crippen molar-refractivity contribution in [1.29, 1.82) is 0 Å². The van der Waals surface area contributed by atoms with Gasteiger partial charge in [-0.3, -0.25) is 9.59 Å². The fraction of sp³-hybridized carbons (Fsp3) is 0.500. The van der Waals surface area contributed by atoms with Crippen molar-refractivity contribution in [1.82, 2.24) is 10.6 Å². The highest BCUT2D eigenvalue weighted by molar-refractivity contribution is 6.30. The minimum atomic E-state index is -0.452. The molecule has 0 radical (unpaired) electrons. The van der Waals surface area contributed by atoms with Crippen LogP contribution in [0.15, 0.2) is 24.3 Å². The Labute approximate surface area is 134 Å². The van der Waals surface area contributed by atoms with E-state index in [0.717, 1.165) is 19.3 Å². The van der Waals surface area contributed by atoms with Gasteiger partial charge in [0.15, 0.2) is 0 Å². The maximum absolute atomic E-state index is 12.1. The third-order valence-corrected chi connectivity index (χ3v) is 4.59. The molecule has 5 nitrogen and oxygen atoms in total. The summed E-state index contributed by atoms with van der Waals surface area (Å²) in [6.45, 7) is 0. The zero-order valence-corrected chi connectivity index (χ0v) is 13.0. The van der Waals surface area contributed by atoms with Gasteiger partial charge in [0.05, 0.1) is 12.5 Å². The molecule has 22 heavy (non-hydrogen) atoms. The first-order valence-electron chi connectivity index (χ1n) is 7.73. The minimum absolute atomic E-state index is 0.0746. The Morgan fingerprint density at radius 1 is 1.18 bits per heavy atom. The maximum Gasteiger partial charge on any atom is 0.237 e. The summed E-state index contributed by atoms with van der Waals surface area (Å²) in [7, 11) is 0. The molecule has 1 aliphatic carbocycles. The lowest BCUT2D eigenvalue weighted by Crippen LogP contribution is -2.65. The van der Waals surface area contributed by atoms with E-state index < -0.39 is 6.04 Å². The average Bonchev–Trinajstić information content (AvgIpc) is 2.50. The number of piperazine rings is 1. The number of carbonyl (C=O) groups excluding carboxylic acids is 2. The van der Waals surface area contributed by atoms with E-state index in [4.69, 9.17) is 11.6 Å². The number of fused-ring (bicyclic) bond motifs is 1. The topological polar surface area (TPSA) is 70.2 Å². The summed E-state index contributed by atoms with van der Waals surface area (Å²) in [6, 6.07) is 6.98. The number of halogens is 1. The first-order valence-corrected chi connectivity index (χ1v) is 8.11. The van der Waals surface area contributed by atoms with E-state index in [-0.39, 0.29) is 24.3 Å². The number of anilines is 1. The number of benzene rings is 1. The Balaban J connectivity index is 1.56. The first-order chi connectivity index (χ1) is 10.6. The van der Waals surface area contributed by atoms with Crippen LogP contribution >= 0.6 is 11.6 Å². The number of hydrogen-bond acceptors (Lipinski definition) is 3. The van der Waals surface area contributed by atoms with Gasteiger partial charge in [-0.25, -0.2) is 0 Å². The Hall–Kier alpha value is -1.59. The van der Waals surface area contributed by atoms with Gasteiger partial charge in [0.1, 0.15) is 0 Å². The summed E-state index contributed by atoms with van der Waals surface area (Å²) >= 11 is 5.81. The molecule has 3 rings (SSSR count). The Kier molecular flexibility index (Phi) is 4.64. The smallest absolute Gasteiger partial charge is 0.237 e. The molecular formula is C16H20ClN3O2. The third kappa shape index (κ3) is 3.59. The highest BCUT2D eigenvalue weighted by atomic mass is 35.5. The van der Waals surface area contributed by atoms with E-state index in [0.29, 0.717) is 16.8 Å². The molecule has 2 aliphatic rings. The van der Waals surface area contributed by atoms with Gasteiger partial charge in [-0.05, 0) is 37.1 Å². The molecule has 6 heteroatoms. The van der Waals surface area contributed by atoms with E-state index >= 15 is 0 Å². The van der Waals surface area contributed by atoms with Crippen LogP contribution in [0.2, 0.25) is 5.02 Å². The lowest BCUT2D eigenvalue weighted by atomic mass is 9.87. The summed E-state index contributed by atoms with van der Waals surface area (Å²) < 4.78 is 0. The van der Waals surface area contributed by atoms with Crippen LogP contribution in [0.3, 0.4) is 0 Å². The van der Waals surface area contributed by atoms with E-state index in [1.807, 2.05) is 0 Å². The normalized spacial score (nSPS) is 27.7. The van der Waals surface area contributed by atoms with Gasteiger partial charge in [-0.15, -0.1) is 0 Å². The van der Waals surface area contributed by atoms with Gasteiger partial charge >= 0.3 is 0 Å². The molecule has 1 saturated heterocycles.